The summed E-state index contributed by atoms with van der Waals surface area (Å²) in [5.41, 5.74) is 2.02. The van der Waals surface area contributed by atoms with Gasteiger partial charge in [-0.15, -0.1) is 0 Å². The molecule has 17 heavy (non-hydrogen) atoms. The predicted octanol–water partition coefficient (Wildman–Crippen LogP) is 1.11. The normalized spacial score (nSPS) is 12.8. The zero-order valence-electron chi connectivity index (χ0n) is 10.2. The van der Waals surface area contributed by atoms with Crippen molar-refractivity contribution in [1.29, 1.82) is 0 Å². The lowest BCUT2D eigenvalue weighted by molar-refractivity contribution is 0.514. The minimum absolute atomic E-state index is 0.0489. The molecule has 0 spiro atoms. The van der Waals surface area contributed by atoms with Crippen molar-refractivity contribution in [3.8, 4) is 0 Å². The number of hydrogen-bond acceptors (Lipinski definition) is 4. The van der Waals surface area contributed by atoms with E-state index in [1.54, 1.807) is 6.20 Å². The van der Waals surface area contributed by atoms with Gasteiger partial charge in [-0.2, -0.15) is 20.5 Å². The van der Waals surface area contributed by atoms with Gasteiger partial charge in [-0.1, -0.05) is 13.8 Å². The molecular formula is C11H18N6. The maximum Gasteiger partial charge on any atom is 0.105 e. The van der Waals surface area contributed by atoms with E-state index in [0.29, 0.717) is 0 Å². The number of aromatic amines is 1. The summed E-state index contributed by atoms with van der Waals surface area (Å²) in [7, 11) is 0. The van der Waals surface area contributed by atoms with E-state index in [2.05, 4.69) is 39.7 Å². The van der Waals surface area contributed by atoms with Crippen molar-refractivity contribution in [3.63, 3.8) is 0 Å². The highest BCUT2D eigenvalue weighted by Crippen LogP contribution is 2.19. The van der Waals surface area contributed by atoms with Gasteiger partial charge in [0, 0.05) is 12.7 Å². The predicted molar refractivity (Wildman–Crippen MR) is 64.4 cm³/mol. The zero-order chi connectivity index (χ0) is 12.1. The molecule has 0 fully saturated rings. The van der Waals surface area contributed by atoms with E-state index >= 15 is 0 Å². The first-order valence-corrected chi connectivity index (χ1v) is 5.97. The highest BCUT2D eigenvalue weighted by atomic mass is 15.3. The summed E-state index contributed by atoms with van der Waals surface area (Å²) >= 11 is 0. The van der Waals surface area contributed by atoms with Crippen LogP contribution in [0, 0.1) is 0 Å². The second kappa shape index (κ2) is 5.58. The van der Waals surface area contributed by atoms with Crippen molar-refractivity contribution in [2.75, 3.05) is 6.54 Å². The number of hydrogen-bond donors (Lipinski definition) is 2. The van der Waals surface area contributed by atoms with Crippen molar-refractivity contribution >= 4 is 0 Å². The second-order valence-corrected chi connectivity index (χ2v) is 3.86. The average molecular weight is 234 g/mol. The smallest absolute Gasteiger partial charge is 0.105 e. The first kappa shape index (κ1) is 11.8. The molecule has 0 saturated heterocycles. The Morgan fingerprint density at radius 3 is 3.00 bits per heavy atom. The summed E-state index contributed by atoms with van der Waals surface area (Å²) in [6.45, 7) is 6.01. The molecule has 0 aromatic carbocycles. The van der Waals surface area contributed by atoms with E-state index in [1.165, 1.54) is 0 Å². The summed E-state index contributed by atoms with van der Waals surface area (Å²) < 4.78 is 2.02. The van der Waals surface area contributed by atoms with Crippen LogP contribution in [0.4, 0.5) is 0 Å². The number of aromatic nitrogens is 5. The van der Waals surface area contributed by atoms with Gasteiger partial charge in [-0.25, -0.2) is 0 Å². The first-order chi connectivity index (χ1) is 8.36. The molecule has 2 heterocycles. The van der Waals surface area contributed by atoms with Crippen LogP contribution in [-0.2, 0) is 6.54 Å². The SMILES string of the molecule is CCCn1nccc1C(NCC)c1cn[nH]n1. The van der Waals surface area contributed by atoms with Crippen molar-refractivity contribution in [2.24, 2.45) is 0 Å². The van der Waals surface area contributed by atoms with Gasteiger partial charge in [0.1, 0.15) is 5.69 Å². The van der Waals surface area contributed by atoms with Gasteiger partial charge in [0.25, 0.3) is 0 Å². The summed E-state index contributed by atoms with van der Waals surface area (Å²) in [5.74, 6) is 0. The number of H-pyrrole nitrogens is 1. The highest BCUT2D eigenvalue weighted by Gasteiger charge is 2.19. The van der Waals surface area contributed by atoms with Crippen molar-refractivity contribution in [3.05, 3.63) is 29.8 Å². The number of nitrogens with zero attached hydrogens (tertiary/aromatic N) is 4. The van der Waals surface area contributed by atoms with Crippen molar-refractivity contribution in [1.82, 2.24) is 30.5 Å². The van der Waals surface area contributed by atoms with E-state index in [0.717, 1.165) is 30.9 Å². The molecule has 6 heteroatoms. The molecule has 0 radical (unpaired) electrons. The molecule has 0 aliphatic rings. The molecule has 0 saturated carbocycles. The summed E-state index contributed by atoms with van der Waals surface area (Å²) in [6.07, 6.45) is 4.64. The van der Waals surface area contributed by atoms with Crippen LogP contribution in [0.25, 0.3) is 0 Å². The quantitative estimate of drug-likeness (QED) is 0.785. The molecule has 0 aliphatic heterocycles. The third-order valence-electron chi connectivity index (χ3n) is 2.62. The summed E-state index contributed by atoms with van der Waals surface area (Å²) in [4.78, 5) is 0. The minimum atomic E-state index is 0.0489. The Balaban J connectivity index is 2.29. The van der Waals surface area contributed by atoms with Crippen molar-refractivity contribution in [2.45, 2.75) is 32.9 Å². The van der Waals surface area contributed by atoms with Gasteiger partial charge in [0.05, 0.1) is 17.9 Å². The molecule has 1 unspecified atom stereocenters. The third kappa shape index (κ3) is 2.52. The Kier molecular flexibility index (Phi) is 3.87. The van der Waals surface area contributed by atoms with Crippen molar-refractivity contribution < 1.29 is 0 Å². The lowest BCUT2D eigenvalue weighted by Crippen LogP contribution is -2.25. The number of aryl methyl sites for hydroxylation is 1. The Bertz CT molecular complexity index is 433. The van der Waals surface area contributed by atoms with Gasteiger partial charge in [-0.05, 0) is 19.0 Å². The molecular weight excluding hydrogens is 216 g/mol. The maximum absolute atomic E-state index is 4.34. The molecule has 0 amide bonds. The van der Waals surface area contributed by atoms with E-state index in [1.807, 2.05) is 16.9 Å². The Labute approximate surface area is 100 Å². The van der Waals surface area contributed by atoms with E-state index in [4.69, 9.17) is 0 Å². The number of rotatable bonds is 6. The van der Waals surface area contributed by atoms with Gasteiger partial charge in [0.2, 0.25) is 0 Å². The van der Waals surface area contributed by atoms with Crippen LogP contribution >= 0.6 is 0 Å². The average Bonchev–Trinajstić information content (AvgIpc) is 2.97. The first-order valence-electron chi connectivity index (χ1n) is 5.97. The fourth-order valence-electron chi connectivity index (χ4n) is 1.90. The molecule has 2 aromatic rings. The lowest BCUT2D eigenvalue weighted by Gasteiger charge is -2.16. The molecule has 0 aliphatic carbocycles. The van der Waals surface area contributed by atoms with Gasteiger partial charge in [0.15, 0.2) is 0 Å². The largest absolute Gasteiger partial charge is 0.304 e. The molecule has 1 atom stereocenters. The second-order valence-electron chi connectivity index (χ2n) is 3.86. The van der Waals surface area contributed by atoms with Crippen LogP contribution in [0.1, 0.15) is 37.7 Å². The van der Waals surface area contributed by atoms with E-state index in [9.17, 15) is 0 Å². The maximum atomic E-state index is 4.34. The molecule has 0 bridgehead atoms. The lowest BCUT2D eigenvalue weighted by atomic mass is 10.1. The summed E-state index contributed by atoms with van der Waals surface area (Å²) in [5, 5.41) is 18.4. The molecule has 6 nitrogen and oxygen atoms in total. The molecule has 2 aromatic heterocycles. The Morgan fingerprint density at radius 1 is 1.47 bits per heavy atom. The van der Waals surface area contributed by atoms with Gasteiger partial charge < -0.3 is 5.32 Å². The fourth-order valence-corrected chi connectivity index (χ4v) is 1.90. The molecule has 2 rings (SSSR count). The van der Waals surface area contributed by atoms with Gasteiger partial charge >= 0.3 is 0 Å². The van der Waals surface area contributed by atoms with Crippen LogP contribution in [0.15, 0.2) is 18.5 Å². The topological polar surface area (TPSA) is 71.4 Å². The van der Waals surface area contributed by atoms with Crippen LogP contribution in [-0.4, -0.2) is 31.7 Å². The summed E-state index contributed by atoms with van der Waals surface area (Å²) in [6, 6.07) is 2.07. The monoisotopic (exact) mass is 234 g/mol. The minimum Gasteiger partial charge on any atom is -0.304 e. The number of nitrogens with one attached hydrogen (secondary N) is 2. The standard InChI is InChI=1S/C11H18N6/c1-3-7-17-10(5-6-14-17)11(12-4-2)9-8-13-16-15-9/h5-6,8,11-12H,3-4,7H2,1-2H3,(H,13,15,16). The molecule has 92 valence electrons. The van der Waals surface area contributed by atoms with E-state index < -0.39 is 0 Å². The molecule has 2 N–H and O–H groups in total. The third-order valence-corrected chi connectivity index (χ3v) is 2.62. The Hall–Kier alpha value is -1.69. The Morgan fingerprint density at radius 2 is 2.35 bits per heavy atom. The highest BCUT2D eigenvalue weighted by molar-refractivity contribution is 5.18. The van der Waals surface area contributed by atoms with Gasteiger partial charge in [-0.3, -0.25) is 4.68 Å². The van der Waals surface area contributed by atoms with E-state index in [-0.39, 0.29) is 6.04 Å². The fraction of sp³-hybridized carbons (Fsp3) is 0.545. The van der Waals surface area contributed by atoms with Crippen LogP contribution < -0.4 is 5.32 Å². The zero-order valence-corrected chi connectivity index (χ0v) is 10.2. The van der Waals surface area contributed by atoms with Crippen LogP contribution in [0.5, 0.6) is 0 Å². The van der Waals surface area contributed by atoms with Crippen LogP contribution in [0.2, 0.25) is 0 Å². The van der Waals surface area contributed by atoms with Crippen LogP contribution in [0.3, 0.4) is 0 Å².